The zero-order valence-electron chi connectivity index (χ0n) is 12.8. The molecule has 2 unspecified atom stereocenters. The van der Waals surface area contributed by atoms with Crippen LogP contribution in [0.15, 0.2) is 24.5 Å². The van der Waals surface area contributed by atoms with Gasteiger partial charge in [0.25, 0.3) is 0 Å². The molecule has 0 saturated carbocycles. The van der Waals surface area contributed by atoms with Crippen molar-refractivity contribution in [1.82, 2.24) is 9.88 Å². The maximum absolute atomic E-state index is 12.2. The molecule has 20 heavy (non-hydrogen) atoms. The Kier molecular flexibility index (Phi) is 4.31. The molecule has 1 aliphatic rings. The maximum Gasteiger partial charge on any atom is 0.410 e. The van der Waals surface area contributed by atoms with E-state index in [-0.39, 0.29) is 12.1 Å². The Balaban J connectivity index is 1.98. The maximum atomic E-state index is 12.2. The minimum atomic E-state index is -0.434. The Morgan fingerprint density at radius 3 is 2.75 bits per heavy atom. The van der Waals surface area contributed by atoms with Crippen LogP contribution in [-0.4, -0.2) is 34.2 Å². The highest BCUT2D eigenvalue weighted by atomic mass is 16.6. The van der Waals surface area contributed by atoms with Crippen LogP contribution in [0, 0.1) is 0 Å². The monoisotopic (exact) mass is 276 g/mol. The third-order valence-corrected chi connectivity index (χ3v) is 3.66. The van der Waals surface area contributed by atoms with Crippen LogP contribution in [0.1, 0.15) is 52.0 Å². The summed E-state index contributed by atoms with van der Waals surface area (Å²) in [7, 11) is 0. The molecule has 1 fully saturated rings. The van der Waals surface area contributed by atoms with Gasteiger partial charge in [-0.3, -0.25) is 4.98 Å². The second-order valence-corrected chi connectivity index (χ2v) is 6.53. The number of hydrogen-bond donors (Lipinski definition) is 0. The summed E-state index contributed by atoms with van der Waals surface area (Å²) in [5.74, 6) is 0.484. The fraction of sp³-hybridized carbons (Fsp3) is 0.625. The van der Waals surface area contributed by atoms with Crippen LogP contribution >= 0.6 is 0 Å². The van der Waals surface area contributed by atoms with Crippen molar-refractivity contribution >= 4 is 6.09 Å². The van der Waals surface area contributed by atoms with Crippen molar-refractivity contribution in [2.24, 2.45) is 0 Å². The Labute approximate surface area is 121 Å². The van der Waals surface area contributed by atoms with Crippen molar-refractivity contribution in [3.63, 3.8) is 0 Å². The molecule has 0 radical (unpaired) electrons. The molecule has 1 aromatic rings. The van der Waals surface area contributed by atoms with E-state index in [0.29, 0.717) is 5.92 Å². The standard InChI is InChI=1S/C16H24N2O2/c1-12-10-13(14-6-5-8-17-11-14)7-9-18(12)15(19)20-16(2,3)4/h5-6,8,11-13H,7,9-10H2,1-4H3. The molecule has 1 aliphatic heterocycles. The number of carbonyl (C=O) groups is 1. The third kappa shape index (κ3) is 3.71. The highest BCUT2D eigenvalue weighted by molar-refractivity contribution is 5.68. The molecule has 0 aliphatic carbocycles. The van der Waals surface area contributed by atoms with Crippen molar-refractivity contribution < 1.29 is 9.53 Å². The van der Waals surface area contributed by atoms with E-state index in [9.17, 15) is 4.79 Å². The SMILES string of the molecule is CC1CC(c2cccnc2)CCN1C(=O)OC(C)(C)C. The van der Waals surface area contributed by atoms with E-state index in [1.54, 1.807) is 6.20 Å². The molecule has 0 bridgehead atoms. The zero-order valence-corrected chi connectivity index (χ0v) is 12.8. The van der Waals surface area contributed by atoms with Crippen LogP contribution in [0.4, 0.5) is 4.79 Å². The lowest BCUT2D eigenvalue weighted by atomic mass is 9.87. The van der Waals surface area contributed by atoms with Crippen molar-refractivity contribution in [3.8, 4) is 0 Å². The van der Waals surface area contributed by atoms with E-state index in [4.69, 9.17) is 4.74 Å². The predicted octanol–water partition coefficient (Wildman–Crippen LogP) is 3.58. The number of carbonyl (C=O) groups excluding carboxylic acids is 1. The van der Waals surface area contributed by atoms with Gasteiger partial charge in [0.15, 0.2) is 0 Å². The minimum Gasteiger partial charge on any atom is -0.444 e. The van der Waals surface area contributed by atoms with E-state index in [1.807, 2.05) is 37.9 Å². The molecule has 0 spiro atoms. The highest BCUT2D eigenvalue weighted by Gasteiger charge is 2.32. The average Bonchev–Trinajstić information content (AvgIpc) is 2.37. The molecule has 1 aromatic heterocycles. The molecule has 1 amide bonds. The van der Waals surface area contributed by atoms with Gasteiger partial charge in [0.05, 0.1) is 0 Å². The first-order valence-corrected chi connectivity index (χ1v) is 7.26. The van der Waals surface area contributed by atoms with Gasteiger partial charge >= 0.3 is 6.09 Å². The van der Waals surface area contributed by atoms with Crippen molar-refractivity contribution in [2.75, 3.05) is 6.54 Å². The number of likely N-dealkylation sites (tertiary alicyclic amines) is 1. The largest absolute Gasteiger partial charge is 0.444 e. The van der Waals surface area contributed by atoms with Crippen LogP contribution in [0.3, 0.4) is 0 Å². The van der Waals surface area contributed by atoms with E-state index in [0.717, 1.165) is 19.4 Å². The number of pyridine rings is 1. The van der Waals surface area contributed by atoms with E-state index in [1.165, 1.54) is 5.56 Å². The molecule has 1 saturated heterocycles. The Bertz CT molecular complexity index is 453. The summed E-state index contributed by atoms with van der Waals surface area (Å²) in [6.45, 7) is 8.54. The van der Waals surface area contributed by atoms with Gasteiger partial charge in [0.1, 0.15) is 5.60 Å². The second kappa shape index (κ2) is 5.81. The van der Waals surface area contributed by atoms with Crippen molar-refractivity contribution in [3.05, 3.63) is 30.1 Å². The lowest BCUT2D eigenvalue weighted by Crippen LogP contribution is -2.46. The third-order valence-electron chi connectivity index (χ3n) is 3.66. The Morgan fingerprint density at radius 1 is 1.45 bits per heavy atom. The summed E-state index contributed by atoms with van der Waals surface area (Å²) in [6.07, 6.45) is 5.46. The van der Waals surface area contributed by atoms with E-state index < -0.39 is 5.60 Å². The molecule has 4 nitrogen and oxygen atoms in total. The van der Waals surface area contributed by atoms with Gasteiger partial charge in [-0.05, 0) is 58.1 Å². The lowest BCUT2D eigenvalue weighted by Gasteiger charge is -2.38. The fourth-order valence-electron chi connectivity index (χ4n) is 2.68. The molecule has 2 rings (SSSR count). The summed E-state index contributed by atoms with van der Waals surface area (Å²) in [4.78, 5) is 18.2. The zero-order chi connectivity index (χ0) is 14.8. The lowest BCUT2D eigenvalue weighted by molar-refractivity contribution is 0.0103. The van der Waals surface area contributed by atoms with E-state index in [2.05, 4.69) is 18.0 Å². The van der Waals surface area contributed by atoms with Gasteiger partial charge in [-0.15, -0.1) is 0 Å². The highest BCUT2D eigenvalue weighted by Crippen LogP contribution is 2.31. The first-order valence-electron chi connectivity index (χ1n) is 7.26. The first kappa shape index (κ1) is 14.8. The number of rotatable bonds is 1. The van der Waals surface area contributed by atoms with Gasteiger partial charge in [-0.2, -0.15) is 0 Å². The molecule has 0 N–H and O–H groups in total. The molecule has 2 heterocycles. The quantitative estimate of drug-likeness (QED) is 0.787. The Morgan fingerprint density at radius 2 is 2.20 bits per heavy atom. The summed E-state index contributed by atoms with van der Waals surface area (Å²) in [5, 5.41) is 0. The van der Waals surface area contributed by atoms with Crippen LogP contribution < -0.4 is 0 Å². The summed E-state index contributed by atoms with van der Waals surface area (Å²) >= 11 is 0. The molecular formula is C16H24N2O2. The van der Waals surface area contributed by atoms with Crippen LogP contribution in [0.2, 0.25) is 0 Å². The summed E-state index contributed by atoms with van der Waals surface area (Å²) in [6, 6.07) is 4.29. The number of piperidine rings is 1. The molecule has 110 valence electrons. The summed E-state index contributed by atoms with van der Waals surface area (Å²) in [5.41, 5.74) is 0.833. The van der Waals surface area contributed by atoms with Gasteiger partial charge in [-0.1, -0.05) is 6.07 Å². The van der Waals surface area contributed by atoms with Crippen LogP contribution in [0.5, 0.6) is 0 Å². The Hall–Kier alpha value is -1.58. The number of hydrogen-bond acceptors (Lipinski definition) is 3. The van der Waals surface area contributed by atoms with Crippen LogP contribution in [0.25, 0.3) is 0 Å². The average molecular weight is 276 g/mol. The second-order valence-electron chi connectivity index (χ2n) is 6.53. The summed E-state index contributed by atoms with van der Waals surface area (Å²) < 4.78 is 5.46. The topological polar surface area (TPSA) is 42.4 Å². The van der Waals surface area contributed by atoms with E-state index >= 15 is 0 Å². The van der Waals surface area contributed by atoms with Gasteiger partial charge in [0, 0.05) is 25.0 Å². The van der Waals surface area contributed by atoms with Crippen LogP contribution in [-0.2, 0) is 4.74 Å². The molecule has 0 aromatic carbocycles. The number of ether oxygens (including phenoxy) is 1. The van der Waals surface area contributed by atoms with Crippen molar-refractivity contribution in [2.45, 2.75) is 58.1 Å². The molecule has 2 atom stereocenters. The molecule has 4 heteroatoms. The minimum absolute atomic E-state index is 0.198. The number of aromatic nitrogens is 1. The normalized spacial score (nSPS) is 23.5. The van der Waals surface area contributed by atoms with Crippen molar-refractivity contribution in [1.29, 1.82) is 0 Å². The van der Waals surface area contributed by atoms with Gasteiger partial charge in [-0.25, -0.2) is 4.79 Å². The fourth-order valence-corrected chi connectivity index (χ4v) is 2.68. The van der Waals surface area contributed by atoms with Gasteiger partial charge in [0.2, 0.25) is 0 Å². The predicted molar refractivity (Wildman–Crippen MR) is 78.6 cm³/mol. The number of nitrogens with zero attached hydrogens (tertiary/aromatic N) is 2. The first-order chi connectivity index (χ1) is 9.37. The van der Waals surface area contributed by atoms with Gasteiger partial charge < -0.3 is 9.64 Å². The number of amides is 1. The molecular weight excluding hydrogens is 252 g/mol. The smallest absolute Gasteiger partial charge is 0.410 e.